The van der Waals surface area contributed by atoms with Gasteiger partial charge in [0.25, 0.3) is 0 Å². The minimum absolute atomic E-state index is 0.0791. The van der Waals surface area contributed by atoms with Crippen LogP contribution in [-0.4, -0.2) is 36.9 Å². The van der Waals surface area contributed by atoms with E-state index in [1.54, 1.807) is 12.0 Å². The Labute approximate surface area is 116 Å². The second-order valence-electron chi connectivity index (χ2n) is 5.24. The van der Waals surface area contributed by atoms with Gasteiger partial charge in [0, 0.05) is 20.2 Å². The van der Waals surface area contributed by atoms with Gasteiger partial charge in [-0.3, -0.25) is 0 Å². The van der Waals surface area contributed by atoms with Crippen molar-refractivity contribution in [3.8, 4) is 0 Å². The van der Waals surface area contributed by atoms with Crippen molar-refractivity contribution in [2.24, 2.45) is 0 Å². The molecule has 0 saturated carbocycles. The number of methoxy groups -OCH3 is 1. The van der Waals surface area contributed by atoms with Crippen molar-refractivity contribution in [2.75, 3.05) is 25.1 Å². The average molecular weight is 285 g/mol. The molecule has 6 heteroatoms. The molecule has 1 unspecified atom stereocenters. The standard InChI is InChI=1S/C14H17F2NO3/c1-14(20-2)6-3-7-17(8-14)10-5-4-9(13(18)19)11(15)12(10)16/h4-5H,3,6-8H2,1-2H3,(H,18,19). The number of rotatable bonds is 3. The van der Waals surface area contributed by atoms with Crippen LogP contribution in [0.3, 0.4) is 0 Å². The topological polar surface area (TPSA) is 49.8 Å². The van der Waals surface area contributed by atoms with Gasteiger partial charge in [-0.25, -0.2) is 13.6 Å². The molecule has 1 fully saturated rings. The highest BCUT2D eigenvalue weighted by molar-refractivity contribution is 5.88. The lowest BCUT2D eigenvalue weighted by Crippen LogP contribution is -2.47. The molecule has 1 heterocycles. The Morgan fingerprint density at radius 2 is 2.10 bits per heavy atom. The Morgan fingerprint density at radius 1 is 1.40 bits per heavy atom. The summed E-state index contributed by atoms with van der Waals surface area (Å²) in [6, 6.07) is 2.40. The third kappa shape index (κ3) is 2.60. The zero-order valence-corrected chi connectivity index (χ0v) is 11.4. The smallest absolute Gasteiger partial charge is 0.338 e. The third-order valence-corrected chi connectivity index (χ3v) is 3.78. The second-order valence-corrected chi connectivity index (χ2v) is 5.24. The highest BCUT2D eigenvalue weighted by atomic mass is 19.2. The number of aromatic carboxylic acids is 1. The van der Waals surface area contributed by atoms with Crippen LogP contribution in [0.5, 0.6) is 0 Å². The first-order valence-electron chi connectivity index (χ1n) is 6.39. The van der Waals surface area contributed by atoms with E-state index < -0.39 is 28.8 Å². The van der Waals surface area contributed by atoms with Crippen molar-refractivity contribution >= 4 is 11.7 Å². The molecule has 1 aromatic rings. The number of benzene rings is 1. The summed E-state index contributed by atoms with van der Waals surface area (Å²) in [7, 11) is 1.59. The summed E-state index contributed by atoms with van der Waals surface area (Å²) in [6.07, 6.45) is 1.64. The van der Waals surface area contributed by atoms with E-state index in [0.717, 1.165) is 18.9 Å². The maximum atomic E-state index is 14.0. The predicted octanol–water partition coefficient (Wildman–Crippen LogP) is 2.67. The zero-order valence-electron chi connectivity index (χ0n) is 11.4. The number of nitrogens with zero attached hydrogens (tertiary/aromatic N) is 1. The van der Waals surface area contributed by atoms with Crippen molar-refractivity contribution in [2.45, 2.75) is 25.4 Å². The van der Waals surface area contributed by atoms with Crippen LogP contribution in [0, 0.1) is 11.6 Å². The molecule has 110 valence electrons. The number of hydrogen-bond acceptors (Lipinski definition) is 3. The van der Waals surface area contributed by atoms with Gasteiger partial charge < -0.3 is 14.7 Å². The van der Waals surface area contributed by atoms with Crippen LogP contribution in [-0.2, 0) is 4.74 Å². The molecule has 1 aliphatic rings. The summed E-state index contributed by atoms with van der Waals surface area (Å²) < 4.78 is 33.2. The van der Waals surface area contributed by atoms with Gasteiger partial charge in [-0.2, -0.15) is 0 Å². The van der Waals surface area contributed by atoms with Crippen molar-refractivity contribution in [3.05, 3.63) is 29.3 Å². The molecular formula is C14H17F2NO3. The monoisotopic (exact) mass is 285 g/mol. The van der Waals surface area contributed by atoms with Gasteiger partial charge >= 0.3 is 5.97 Å². The largest absolute Gasteiger partial charge is 0.478 e. The summed E-state index contributed by atoms with van der Waals surface area (Å²) >= 11 is 0. The van der Waals surface area contributed by atoms with Gasteiger partial charge in [-0.1, -0.05) is 0 Å². The van der Waals surface area contributed by atoms with Gasteiger partial charge in [0.05, 0.1) is 16.9 Å². The van der Waals surface area contributed by atoms with Gasteiger partial charge in [0.2, 0.25) is 0 Å². The van der Waals surface area contributed by atoms with E-state index >= 15 is 0 Å². The maximum Gasteiger partial charge on any atom is 0.338 e. The van der Waals surface area contributed by atoms with Gasteiger partial charge in [-0.05, 0) is 31.9 Å². The van der Waals surface area contributed by atoms with Crippen LogP contribution in [0.2, 0.25) is 0 Å². The average Bonchev–Trinajstić information content (AvgIpc) is 2.41. The Kier molecular flexibility index (Phi) is 3.94. The first kappa shape index (κ1) is 14.7. The lowest BCUT2D eigenvalue weighted by Gasteiger charge is -2.40. The molecule has 0 aliphatic carbocycles. The minimum atomic E-state index is -1.48. The van der Waals surface area contributed by atoms with E-state index in [9.17, 15) is 13.6 Å². The molecular weight excluding hydrogens is 268 g/mol. The summed E-state index contributed by atoms with van der Waals surface area (Å²) in [5, 5.41) is 8.77. The number of carboxylic acid groups (broad SMARTS) is 1. The van der Waals surface area contributed by atoms with E-state index in [1.165, 1.54) is 6.07 Å². The van der Waals surface area contributed by atoms with E-state index in [2.05, 4.69) is 0 Å². The fourth-order valence-corrected chi connectivity index (χ4v) is 2.53. The van der Waals surface area contributed by atoms with Crippen LogP contribution in [0.4, 0.5) is 14.5 Å². The fraction of sp³-hybridized carbons (Fsp3) is 0.500. The molecule has 2 rings (SSSR count). The van der Waals surface area contributed by atoms with Crippen molar-refractivity contribution < 1.29 is 23.4 Å². The molecule has 1 N–H and O–H groups in total. The molecule has 1 atom stereocenters. The van der Waals surface area contributed by atoms with E-state index in [-0.39, 0.29) is 5.69 Å². The van der Waals surface area contributed by atoms with Crippen LogP contribution in [0.25, 0.3) is 0 Å². The molecule has 0 amide bonds. The predicted molar refractivity (Wildman–Crippen MR) is 70.2 cm³/mol. The van der Waals surface area contributed by atoms with Crippen molar-refractivity contribution in [1.29, 1.82) is 0 Å². The summed E-state index contributed by atoms with van der Waals surface area (Å²) in [5.41, 5.74) is -0.986. The van der Waals surface area contributed by atoms with Gasteiger partial charge in [-0.15, -0.1) is 0 Å². The summed E-state index contributed by atoms with van der Waals surface area (Å²) in [5.74, 6) is -3.92. The van der Waals surface area contributed by atoms with Crippen LogP contribution in [0.1, 0.15) is 30.1 Å². The number of anilines is 1. The quantitative estimate of drug-likeness (QED) is 0.927. The number of carboxylic acids is 1. The van der Waals surface area contributed by atoms with E-state index in [1.807, 2.05) is 6.92 Å². The summed E-state index contributed by atoms with van der Waals surface area (Å²) in [4.78, 5) is 12.5. The molecule has 4 nitrogen and oxygen atoms in total. The lowest BCUT2D eigenvalue weighted by molar-refractivity contribution is -0.00480. The number of ether oxygens (including phenoxy) is 1. The molecule has 1 aliphatic heterocycles. The lowest BCUT2D eigenvalue weighted by atomic mass is 9.94. The SMILES string of the molecule is COC1(C)CCCN(c2ccc(C(=O)O)c(F)c2F)C1. The van der Waals surface area contributed by atoms with Crippen molar-refractivity contribution in [1.82, 2.24) is 0 Å². The minimum Gasteiger partial charge on any atom is -0.478 e. The zero-order chi connectivity index (χ0) is 14.9. The Balaban J connectivity index is 2.34. The van der Waals surface area contributed by atoms with Crippen molar-refractivity contribution in [3.63, 3.8) is 0 Å². The highest BCUT2D eigenvalue weighted by Gasteiger charge is 2.32. The Bertz CT molecular complexity index is 535. The number of hydrogen-bond donors (Lipinski definition) is 1. The number of halogens is 2. The van der Waals surface area contributed by atoms with Crippen LogP contribution in [0.15, 0.2) is 12.1 Å². The Hall–Kier alpha value is -1.69. The molecule has 0 radical (unpaired) electrons. The molecule has 0 aromatic heterocycles. The van der Waals surface area contributed by atoms with Gasteiger partial charge in [0.15, 0.2) is 11.6 Å². The second kappa shape index (κ2) is 5.36. The fourth-order valence-electron chi connectivity index (χ4n) is 2.53. The first-order valence-corrected chi connectivity index (χ1v) is 6.39. The molecule has 1 saturated heterocycles. The first-order chi connectivity index (χ1) is 9.38. The van der Waals surface area contributed by atoms with E-state index in [4.69, 9.17) is 9.84 Å². The van der Waals surface area contributed by atoms with E-state index in [0.29, 0.717) is 13.1 Å². The number of carbonyl (C=O) groups is 1. The highest BCUT2D eigenvalue weighted by Crippen LogP contribution is 2.31. The molecule has 0 spiro atoms. The van der Waals surface area contributed by atoms with Gasteiger partial charge in [0.1, 0.15) is 0 Å². The molecule has 20 heavy (non-hydrogen) atoms. The third-order valence-electron chi connectivity index (χ3n) is 3.78. The Morgan fingerprint density at radius 3 is 2.70 bits per heavy atom. The van der Waals surface area contributed by atoms with Crippen LogP contribution < -0.4 is 4.90 Å². The summed E-state index contributed by atoms with van der Waals surface area (Å²) in [6.45, 7) is 2.94. The number of piperidine rings is 1. The normalized spacial score (nSPS) is 22.9. The molecule has 1 aromatic carbocycles. The molecule has 0 bridgehead atoms. The van der Waals surface area contributed by atoms with Crippen LogP contribution >= 0.6 is 0 Å². The maximum absolute atomic E-state index is 14.0.